The molecule has 2 heterocycles. The third-order valence-electron chi connectivity index (χ3n) is 6.76. The molecule has 0 unspecified atom stereocenters. The molecular formula is C32H28ClIN2O5S. The number of benzene rings is 3. The summed E-state index contributed by atoms with van der Waals surface area (Å²) in [5.41, 5.74) is 4.10. The number of esters is 1. The Morgan fingerprint density at radius 2 is 1.83 bits per heavy atom. The summed E-state index contributed by atoms with van der Waals surface area (Å²) >= 11 is 9.51. The van der Waals surface area contributed by atoms with Crippen LogP contribution in [0.1, 0.15) is 42.1 Å². The minimum absolute atomic E-state index is 0.216. The fourth-order valence-electron chi connectivity index (χ4n) is 4.74. The van der Waals surface area contributed by atoms with Crippen LogP contribution in [0.2, 0.25) is 5.02 Å². The first-order valence-electron chi connectivity index (χ1n) is 13.2. The van der Waals surface area contributed by atoms with Crippen LogP contribution in [-0.2, 0) is 16.1 Å². The lowest BCUT2D eigenvalue weighted by molar-refractivity contribution is -0.139. The van der Waals surface area contributed by atoms with E-state index in [9.17, 15) is 9.59 Å². The number of thiazole rings is 1. The van der Waals surface area contributed by atoms with Gasteiger partial charge in [-0.15, -0.1) is 0 Å². The first-order chi connectivity index (χ1) is 20.2. The number of halogens is 2. The largest absolute Gasteiger partial charge is 0.493 e. The average molecular weight is 715 g/mol. The number of fused-ring (bicyclic) bond motifs is 1. The molecule has 1 aliphatic rings. The summed E-state index contributed by atoms with van der Waals surface area (Å²) in [7, 11) is 1.58. The number of methoxy groups -OCH3 is 1. The molecule has 10 heteroatoms. The molecular weight excluding hydrogens is 687 g/mol. The maximum absolute atomic E-state index is 14.1. The van der Waals surface area contributed by atoms with Crippen molar-refractivity contribution in [2.45, 2.75) is 33.4 Å². The number of allylic oxidation sites excluding steroid dienone is 1. The van der Waals surface area contributed by atoms with Gasteiger partial charge >= 0.3 is 5.97 Å². The molecule has 0 aliphatic carbocycles. The maximum Gasteiger partial charge on any atom is 0.338 e. The molecule has 0 radical (unpaired) electrons. The van der Waals surface area contributed by atoms with Crippen LogP contribution in [0.4, 0.5) is 0 Å². The van der Waals surface area contributed by atoms with E-state index in [4.69, 9.17) is 25.8 Å². The monoisotopic (exact) mass is 714 g/mol. The van der Waals surface area contributed by atoms with Gasteiger partial charge in [0.2, 0.25) is 0 Å². The van der Waals surface area contributed by atoms with Crippen LogP contribution >= 0.6 is 45.5 Å². The van der Waals surface area contributed by atoms with Crippen molar-refractivity contribution < 1.29 is 19.0 Å². The van der Waals surface area contributed by atoms with Gasteiger partial charge in [0.15, 0.2) is 16.3 Å². The summed E-state index contributed by atoms with van der Waals surface area (Å²) in [6.07, 6.45) is 1.79. The van der Waals surface area contributed by atoms with E-state index in [0.29, 0.717) is 42.7 Å². The zero-order valence-corrected chi connectivity index (χ0v) is 27.2. The second kappa shape index (κ2) is 12.8. The second-order valence-electron chi connectivity index (χ2n) is 9.65. The smallest absolute Gasteiger partial charge is 0.338 e. The minimum atomic E-state index is -0.672. The van der Waals surface area contributed by atoms with E-state index in [0.717, 1.165) is 20.3 Å². The fraction of sp³-hybridized carbons (Fsp3) is 0.219. The Kier molecular flexibility index (Phi) is 9.19. The quantitative estimate of drug-likeness (QED) is 0.167. The highest BCUT2D eigenvalue weighted by Crippen LogP contribution is 2.35. The topological polar surface area (TPSA) is 79.1 Å². The zero-order valence-electron chi connectivity index (χ0n) is 23.4. The standard InChI is InChI=1S/C32H28ClIN2O5S/c1-5-40-31(38)27-19(3)35-32-36(28(27)21-10-6-18(2)7-11-21)30(37)26(42-32)15-22-14-24(34)16-25(39-4)29(22)41-17-20-8-12-23(33)13-9-20/h6-16,28H,5,17H2,1-4H3/b26-15-/t28-/m0/s1. The van der Waals surface area contributed by atoms with Crippen molar-refractivity contribution >= 4 is 57.6 Å². The average Bonchev–Trinajstić information content (AvgIpc) is 3.26. The molecule has 0 saturated carbocycles. The van der Waals surface area contributed by atoms with Crippen LogP contribution < -0.4 is 24.4 Å². The Labute approximate surface area is 265 Å². The minimum Gasteiger partial charge on any atom is -0.493 e. The third kappa shape index (κ3) is 6.18. The van der Waals surface area contributed by atoms with Crippen molar-refractivity contribution in [1.82, 2.24) is 4.57 Å². The highest BCUT2D eigenvalue weighted by molar-refractivity contribution is 14.1. The predicted octanol–water partition coefficient (Wildman–Crippen LogP) is 5.95. The number of hydrogen-bond donors (Lipinski definition) is 0. The molecule has 1 aromatic heterocycles. The lowest BCUT2D eigenvalue weighted by Crippen LogP contribution is -2.39. The van der Waals surface area contributed by atoms with E-state index in [1.807, 2.05) is 67.6 Å². The first kappa shape index (κ1) is 30.1. The zero-order chi connectivity index (χ0) is 30.0. The molecule has 3 aromatic carbocycles. The molecule has 7 nitrogen and oxygen atoms in total. The number of nitrogens with zero attached hydrogens (tertiary/aromatic N) is 2. The number of carbonyl (C=O) groups is 1. The molecule has 0 saturated heterocycles. The Hall–Kier alpha value is -3.41. The van der Waals surface area contributed by atoms with Gasteiger partial charge in [-0.05, 0) is 84.8 Å². The fourth-order valence-corrected chi connectivity index (χ4v) is 6.52. The molecule has 1 aliphatic heterocycles. The van der Waals surface area contributed by atoms with Crippen LogP contribution in [0, 0.1) is 10.5 Å². The van der Waals surface area contributed by atoms with Crippen molar-refractivity contribution in [3.63, 3.8) is 0 Å². The van der Waals surface area contributed by atoms with E-state index in [1.165, 1.54) is 11.3 Å². The van der Waals surface area contributed by atoms with Gasteiger partial charge in [-0.1, -0.05) is 64.9 Å². The lowest BCUT2D eigenvalue weighted by Gasteiger charge is -2.24. The van der Waals surface area contributed by atoms with Crippen LogP contribution in [-0.4, -0.2) is 24.3 Å². The molecule has 5 rings (SSSR count). The molecule has 0 N–H and O–H groups in total. The molecule has 1 atom stereocenters. The van der Waals surface area contributed by atoms with E-state index in [-0.39, 0.29) is 18.8 Å². The molecule has 0 fully saturated rings. The third-order valence-corrected chi connectivity index (χ3v) is 8.62. The van der Waals surface area contributed by atoms with E-state index >= 15 is 0 Å². The van der Waals surface area contributed by atoms with Crippen LogP contribution in [0.3, 0.4) is 0 Å². The Bertz CT molecular complexity index is 1860. The van der Waals surface area contributed by atoms with Gasteiger partial charge in [0.25, 0.3) is 5.56 Å². The molecule has 0 bridgehead atoms. The van der Waals surface area contributed by atoms with Gasteiger partial charge in [0.1, 0.15) is 6.61 Å². The predicted molar refractivity (Wildman–Crippen MR) is 173 cm³/mol. The van der Waals surface area contributed by atoms with Crippen molar-refractivity contribution in [1.29, 1.82) is 0 Å². The normalized spacial score (nSPS) is 14.8. The van der Waals surface area contributed by atoms with Crippen molar-refractivity contribution in [2.75, 3.05) is 13.7 Å². The lowest BCUT2D eigenvalue weighted by atomic mass is 9.95. The van der Waals surface area contributed by atoms with Gasteiger partial charge in [0, 0.05) is 14.2 Å². The van der Waals surface area contributed by atoms with Crippen LogP contribution in [0.15, 0.2) is 81.7 Å². The van der Waals surface area contributed by atoms with Crippen LogP contribution in [0.5, 0.6) is 11.5 Å². The van der Waals surface area contributed by atoms with E-state index < -0.39 is 12.0 Å². The molecule has 0 spiro atoms. The van der Waals surface area contributed by atoms with E-state index in [2.05, 4.69) is 27.6 Å². The summed E-state index contributed by atoms with van der Waals surface area (Å²) in [6.45, 7) is 6.02. The van der Waals surface area contributed by atoms with Gasteiger partial charge in [-0.25, -0.2) is 9.79 Å². The summed E-state index contributed by atoms with van der Waals surface area (Å²) in [4.78, 5) is 32.4. The molecule has 4 aromatic rings. The molecule has 216 valence electrons. The second-order valence-corrected chi connectivity index (χ2v) is 12.3. The Morgan fingerprint density at radius 1 is 1.12 bits per heavy atom. The number of aromatic nitrogens is 1. The van der Waals surface area contributed by atoms with Gasteiger partial charge in [0.05, 0.1) is 35.6 Å². The van der Waals surface area contributed by atoms with Crippen molar-refractivity contribution in [3.8, 4) is 11.5 Å². The van der Waals surface area contributed by atoms with Gasteiger partial charge in [-0.2, -0.15) is 0 Å². The molecule has 42 heavy (non-hydrogen) atoms. The number of ether oxygens (including phenoxy) is 3. The summed E-state index contributed by atoms with van der Waals surface area (Å²) in [6, 6.07) is 18.3. The number of rotatable bonds is 8. The van der Waals surface area contributed by atoms with Gasteiger partial charge < -0.3 is 14.2 Å². The van der Waals surface area contributed by atoms with Gasteiger partial charge in [-0.3, -0.25) is 9.36 Å². The Balaban J connectivity index is 1.66. The Morgan fingerprint density at radius 3 is 2.50 bits per heavy atom. The first-order valence-corrected chi connectivity index (χ1v) is 15.5. The number of carbonyl (C=O) groups excluding carboxylic acids is 1. The summed E-state index contributed by atoms with van der Waals surface area (Å²) in [5, 5.41) is 0.645. The maximum atomic E-state index is 14.1. The number of aryl methyl sites for hydroxylation is 1. The van der Waals surface area contributed by atoms with E-state index in [1.54, 1.807) is 31.6 Å². The SMILES string of the molecule is CCOC(=O)C1=C(C)N=c2s/c(=C\c3cc(I)cc(OC)c3OCc3ccc(Cl)cc3)c(=O)n2[C@H]1c1ccc(C)cc1. The van der Waals surface area contributed by atoms with Crippen molar-refractivity contribution in [3.05, 3.63) is 122 Å². The molecule has 0 amide bonds. The summed E-state index contributed by atoms with van der Waals surface area (Å²) < 4.78 is 20.2. The number of hydrogen-bond acceptors (Lipinski definition) is 7. The van der Waals surface area contributed by atoms with Crippen molar-refractivity contribution in [2.24, 2.45) is 4.99 Å². The van der Waals surface area contributed by atoms with Crippen LogP contribution in [0.25, 0.3) is 6.08 Å². The highest BCUT2D eigenvalue weighted by Gasteiger charge is 2.33. The summed E-state index contributed by atoms with van der Waals surface area (Å²) in [5.74, 6) is 0.573. The highest BCUT2D eigenvalue weighted by atomic mass is 127.